The summed E-state index contributed by atoms with van der Waals surface area (Å²) >= 11 is 1.72. The summed E-state index contributed by atoms with van der Waals surface area (Å²) in [6, 6.07) is 14.1. The van der Waals surface area contributed by atoms with Crippen LogP contribution in [0.15, 0.2) is 47.8 Å². The van der Waals surface area contributed by atoms with E-state index in [2.05, 4.69) is 28.5 Å². The monoisotopic (exact) mass is 411 g/mol. The third-order valence-corrected chi connectivity index (χ3v) is 6.69. The fourth-order valence-corrected chi connectivity index (χ4v) is 5.25. The number of benzene rings is 2. The van der Waals surface area contributed by atoms with Crippen LogP contribution in [0.4, 0.5) is 0 Å². The fourth-order valence-electron chi connectivity index (χ4n) is 4.27. The molecule has 152 valence electrons. The molecule has 2 unspecified atom stereocenters. The number of hydrogen-bond donors (Lipinski definition) is 1. The van der Waals surface area contributed by atoms with Gasteiger partial charge in [-0.3, -0.25) is 9.69 Å². The van der Waals surface area contributed by atoms with Gasteiger partial charge in [-0.05, 0) is 60.0 Å². The van der Waals surface area contributed by atoms with Crippen LogP contribution in [0.25, 0.3) is 10.1 Å². The summed E-state index contributed by atoms with van der Waals surface area (Å²) in [5.74, 6) is 0.467. The first kappa shape index (κ1) is 19.7. The number of piperidine rings is 1. The summed E-state index contributed by atoms with van der Waals surface area (Å²) in [7, 11) is 3.33. The highest BCUT2D eigenvalue weighted by atomic mass is 32.1. The van der Waals surface area contributed by atoms with Gasteiger partial charge in [0.15, 0.2) is 0 Å². The number of nitrogens with zero attached hydrogens (tertiary/aromatic N) is 1. The first-order valence-electron chi connectivity index (χ1n) is 9.77. The highest BCUT2D eigenvalue weighted by Crippen LogP contribution is 2.43. The molecule has 0 amide bonds. The number of methoxy groups -OCH3 is 2. The minimum atomic E-state index is -0.721. The molecule has 1 aliphatic heterocycles. The van der Waals surface area contributed by atoms with Crippen molar-refractivity contribution in [2.24, 2.45) is 5.92 Å². The molecule has 1 saturated heterocycles. The van der Waals surface area contributed by atoms with Crippen molar-refractivity contribution >= 4 is 27.4 Å². The van der Waals surface area contributed by atoms with Gasteiger partial charge in [0, 0.05) is 16.8 Å². The maximum absolute atomic E-state index is 11.7. The summed E-state index contributed by atoms with van der Waals surface area (Å²) < 4.78 is 12.4. The van der Waals surface area contributed by atoms with Gasteiger partial charge in [-0.25, -0.2) is 0 Å². The van der Waals surface area contributed by atoms with E-state index in [-0.39, 0.29) is 12.0 Å². The number of carbonyl (C=O) groups is 1. The predicted molar refractivity (Wildman–Crippen MR) is 115 cm³/mol. The lowest BCUT2D eigenvalue weighted by Gasteiger charge is -2.38. The van der Waals surface area contributed by atoms with Gasteiger partial charge >= 0.3 is 5.97 Å². The standard InChI is InChI=1S/C23H25NO4S/c1-27-16-9-10-20(28-2)18(12-16)22(24-11-5-6-15(13-24)23(25)26)19-14-29-21-8-4-3-7-17(19)21/h3-4,7-10,12,14-15,22H,5-6,11,13H2,1-2H3,(H,25,26). The van der Waals surface area contributed by atoms with E-state index in [1.807, 2.05) is 24.3 Å². The van der Waals surface area contributed by atoms with Gasteiger partial charge in [0.05, 0.1) is 26.2 Å². The molecule has 1 N–H and O–H groups in total. The molecule has 3 aromatic rings. The Morgan fingerprint density at radius 1 is 1.17 bits per heavy atom. The second-order valence-corrected chi connectivity index (χ2v) is 8.28. The highest BCUT2D eigenvalue weighted by molar-refractivity contribution is 7.17. The molecule has 4 rings (SSSR count). The molecule has 0 bridgehead atoms. The Kier molecular flexibility index (Phi) is 5.74. The molecule has 1 aromatic heterocycles. The van der Waals surface area contributed by atoms with Gasteiger partial charge in [-0.1, -0.05) is 18.2 Å². The van der Waals surface area contributed by atoms with Gasteiger partial charge in [0.2, 0.25) is 0 Å². The van der Waals surface area contributed by atoms with Crippen LogP contribution in [-0.2, 0) is 4.79 Å². The average Bonchev–Trinajstić information content (AvgIpc) is 3.18. The topological polar surface area (TPSA) is 59.0 Å². The molecule has 1 fully saturated rings. The van der Waals surface area contributed by atoms with Crippen LogP contribution in [0.1, 0.15) is 30.0 Å². The van der Waals surface area contributed by atoms with E-state index in [0.717, 1.165) is 36.4 Å². The largest absolute Gasteiger partial charge is 0.497 e. The molecule has 5 nitrogen and oxygen atoms in total. The van der Waals surface area contributed by atoms with E-state index < -0.39 is 5.97 Å². The second kappa shape index (κ2) is 8.43. The van der Waals surface area contributed by atoms with Crippen LogP contribution >= 0.6 is 11.3 Å². The summed E-state index contributed by atoms with van der Waals surface area (Å²) in [6.45, 7) is 1.36. The number of ether oxygens (including phenoxy) is 2. The molecule has 0 aliphatic carbocycles. The number of carboxylic acid groups (broad SMARTS) is 1. The fraction of sp³-hybridized carbons (Fsp3) is 0.348. The zero-order chi connectivity index (χ0) is 20.4. The SMILES string of the molecule is COc1ccc(OC)c(C(c2csc3ccccc23)N2CCCC(C(=O)O)C2)c1. The number of likely N-dealkylation sites (tertiary alicyclic amines) is 1. The van der Waals surface area contributed by atoms with Crippen molar-refractivity contribution in [1.29, 1.82) is 0 Å². The van der Waals surface area contributed by atoms with E-state index in [1.54, 1.807) is 25.6 Å². The van der Waals surface area contributed by atoms with Crippen LogP contribution in [-0.4, -0.2) is 43.3 Å². The minimum absolute atomic E-state index is 0.0988. The van der Waals surface area contributed by atoms with Crippen molar-refractivity contribution in [3.8, 4) is 11.5 Å². The van der Waals surface area contributed by atoms with Crippen molar-refractivity contribution in [3.63, 3.8) is 0 Å². The van der Waals surface area contributed by atoms with E-state index in [4.69, 9.17) is 9.47 Å². The van der Waals surface area contributed by atoms with Crippen LogP contribution in [0.2, 0.25) is 0 Å². The summed E-state index contributed by atoms with van der Waals surface area (Å²) in [5.41, 5.74) is 2.18. The van der Waals surface area contributed by atoms with E-state index in [0.29, 0.717) is 6.54 Å². The molecular formula is C23H25NO4S. The van der Waals surface area contributed by atoms with E-state index >= 15 is 0 Å². The van der Waals surface area contributed by atoms with Gasteiger partial charge in [0.25, 0.3) is 0 Å². The van der Waals surface area contributed by atoms with E-state index in [9.17, 15) is 9.90 Å². The van der Waals surface area contributed by atoms with Crippen molar-refractivity contribution in [2.75, 3.05) is 27.3 Å². The first-order chi connectivity index (χ1) is 14.1. The maximum atomic E-state index is 11.7. The molecule has 6 heteroatoms. The lowest BCUT2D eigenvalue weighted by molar-refractivity contribution is -0.143. The number of fused-ring (bicyclic) bond motifs is 1. The second-order valence-electron chi connectivity index (χ2n) is 7.37. The zero-order valence-corrected chi connectivity index (χ0v) is 17.4. The summed E-state index contributed by atoms with van der Waals surface area (Å²) in [5, 5.41) is 13.0. The Morgan fingerprint density at radius 3 is 2.76 bits per heavy atom. The number of carboxylic acids is 1. The normalized spacial score (nSPS) is 18.5. The van der Waals surface area contributed by atoms with Crippen LogP contribution in [0, 0.1) is 5.92 Å². The third kappa shape index (κ3) is 3.82. The zero-order valence-electron chi connectivity index (χ0n) is 16.6. The lowest BCUT2D eigenvalue weighted by Crippen LogP contribution is -2.41. The van der Waals surface area contributed by atoms with Crippen molar-refractivity contribution in [2.45, 2.75) is 18.9 Å². The third-order valence-electron chi connectivity index (χ3n) is 5.70. The number of hydrogen-bond acceptors (Lipinski definition) is 5. The molecule has 29 heavy (non-hydrogen) atoms. The Hall–Kier alpha value is -2.57. The van der Waals surface area contributed by atoms with Gasteiger partial charge < -0.3 is 14.6 Å². The maximum Gasteiger partial charge on any atom is 0.307 e. The summed E-state index contributed by atoms with van der Waals surface area (Å²) in [4.78, 5) is 14.0. The van der Waals surface area contributed by atoms with Gasteiger partial charge in [0.1, 0.15) is 11.5 Å². The van der Waals surface area contributed by atoms with Gasteiger partial charge in [-0.15, -0.1) is 11.3 Å². The molecule has 0 radical (unpaired) electrons. The van der Waals surface area contributed by atoms with Crippen LogP contribution in [0.5, 0.6) is 11.5 Å². The number of aliphatic carboxylic acids is 1. The Bertz CT molecular complexity index is 1020. The lowest BCUT2D eigenvalue weighted by atomic mass is 9.90. The summed E-state index contributed by atoms with van der Waals surface area (Å²) in [6.07, 6.45) is 1.58. The van der Waals surface area contributed by atoms with Crippen LogP contribution in [0.3, 0.4) is 0 Å². The van der Waals surface area contributed by atoms with Gasteiger partial charge in [-0.2, -0.15) is 0 Å². The number of thiophene rings is 1. The van der Waals surface area contributed by atoms with Crippen molar-refractivity contribution < 1.29 is 19.4 Å². The van der Waals surface area contributed by atoms with Crippen molar-refractivity contribution in [3.05, 3.63) is 59.0 Å². The predicted octanol–water partition coefficient (Wildman–Crippen LogP) is 4.80. The Morgan fingerprint density at radius 2 is 2.00 bits per heavy atom. The molecule has 0 spiro atoms. The average molecular weight is 412 g/mol. The molecule has 2 aromatic carbocycles. The quantitative estimate of drug-likeness (QED) is 0.631. The Labute approximate surface area is 174 Å². The van der Waals surface area contributed by atoms with Crippen molar-refractivity contribution in [1.82, 2.24) is 4.90 Å². The molecule has 2 atom stereocenters. The Balaban J connectivity index is 1.87. The molecule has 0 saturated carbocycles. The highest BCUT2D eigenvalue weighted by Gasteiger charge is 2.34. The molecule has 1 aliphatic rings. The molecular weight excluding hydrogens is 386 g/mol. The molecule has 2 heterocycles. The van der Waals surface area contributed by atoms with E-state index in [1.165, 1.54) is 15.6 Å². The van der Waals surface area contributed by atoms with Crippen LogP contribution < -0.4 is 9.47 Å². The minimum Gasteiger partial charge on any atom is -0.497 e. The number of rotatable bonds is 6. The smallest absolute Gasteiger partial charge is 0.307 e. The first-order valence-corrected chi connectivity index (χ1v) is 10.6.